The summed E-state index contributed by atoms with van der Waals surface area (Å²) in [7, 11) is 0. The molecule has 0 heterocycles. The summed E-state index contributed by atoms with van der Waals surface area (Å²) in [6.07, 6.45) is 0.581. The second kappa shape index (κ2) is 5.76. The SMILES string of the molecule is O=Cc1cccc(C(=O)NC(CO)C(=O)O)c1. The van der Waals surface area contributed by atoms with E-state index in [0.29, 0.717) is 11.8 Å². The molecule has 0 radical (unpaired) electrons. The number of hydrogen-bond donors (Lipinski definition) is 3. The first-order valence-corrected chi connectivity index (χ1v) is 4.78. The fraction of sp³-hybridized carbons (Fsp3) is 0.182. The van der Waals surface area contributed by atoms with Crippen molar-refractivity contribution in [2.75, 3.05) is 6.61 Å². The number of carbonyl (C=O) groups excluding carboxylic acids is 2. The maximum atomic E-state index is 11.6. The second-order valence-electron chi connectivity index (χ2n) is 3.29. The molecule has 1 atom stereocenters. The zero-order chi connectivity index (χ0) is 12.8. The van der Waals surface area contributed by atoms with E-state index in [0.717, 1.165) is 0 Å². The Hall–Kier alpha value is -2.21. The molecule has 0 saturated heterocycles. The lowest BCUT2D eigenvalue weighted by molar-refractivity contribution is -0.140. The van der Waals surface area contributed by atoms with Crippen molar-refractivity contribution in [3.63, 3.8) is 0 Å². The van der Waals surface area contributed by atoms with Gasteiger partial charge in [-0.3, -0.25) is 9.59 Å². The molecule has 0 aromatic heterocycles. The van der Waals surface area contributed by atoms with Gasteiger partial charge in [0, 0.05) is 11.1 Å². The molecule has 1 rings (SSSR count). The van der Waals surface area contributed by atoms with Crippen LogP contribution in [-0.2, 0) is 4.79 Å². The minimum absolute atomic E-state index is 0.161. The third kappa shape index (κ3) is 3.39. The Labute approximate surface area is 96.9 Å². The lowest BCUT2D eigenvalue weighted by Gasteiger charge is -2.11. The molecule has 17 heavy (non-hydrogen) atoms. The summed E-state index contributed by atoms with van der Waals surface area (Å²) in [5.74, 6) is -1.98. The molecule has 6 heteroatoms. The van der Waals surface area contributed by atoms with Gasteiger partial charge in [-0.1, -0.05) is 12.1 Å². The van der Waals surface area contributed by atoms with Crippen molar-refractivity contribution in [1.82, 2.24) is 5.32 Å². The van der Waals surface area contributed by atoms with Crippen LogP contribution in [0.5, 0.6) is 0 Å². The highest BCUT2D eigenvalue weighted by Gasteiger charge is 2.19. The number of carboxylic acids is 1. The average molecular weight is 237 g/mol. The van der Waals surface area contributed by atoms with Crippen LogP contribution in [0.1, 0.15) is 20.7 Å². The van der Waals surface area contributed by atoms with E-state index in [1.54, 1.807) is 0 Å². The molecule has 0 fully saturated rings. The molecule has 1 aromatic carbocycles. The normalized spacial score (nSPS) is 11.6. The van der Waals surface area contributed by atoms with Crippen LogP contribution in [0.4, 0.5) is 0 Å². The Morgan fingerprint density at radius 3 is 2.65 bits per heavy atom. The van der Waals surface area contributed by atoms with Gasteiger partial charge in [-0.15, -0.1) is 0 Å². The molecule has 0 bridgehead atoms. The molecular formula is C11H11NO5. The third-order valence-corrected chi connectivity index (χ3v) is 2.07. The number of aliphatic carboxylic acids is 1. The van der Waals surface area contributed by atoms with E-state index in [1.807, 2.05) is 0 Å². The Morgan fingerprint density at radius 2 is 2.12 bits per heavy atom. The topological polar surface area (TPSA) is 104 Å². The summed E-state index contributed by atoms with van der Waals surface area (Å²) in [6.45, 7) is -0.700. The molecule has 0 aliphatic rings. The average Bonchev–Trinajstić information content (AvgIpc) is 2.35. The highest BCUT2D eigenvalue weighted by Crippen LogP contribution is 2.03. The number of aliphatic hydroxyl groups is 1. The van der Waals surface area contributed by atoms with E-state index in [4.69, 9.17) is 10.2 Å². The van der Waals surface area contributed by atoms with Crippen molar-refractivity contribution in [3.8, 4) is 0 Å². The van der Waals surface area contributed by atoms with Gasteiger partial charge >= 0.3 is 5.97 Å². The number of nitrogens with one attached hydrogen (secondary N) is 1. The number of amides is 1. The minimum Gasteiger partial charge on any atom is -0.480 e. The first-order valence-electron chi connectivity index (χ1n) is 4.78. The summed E-state index contributed by atoms with van der Waals surface area (Å²) >= 11 is 0. The first-order chi connectivity index (χ1) is 8.08. The predicted octanol–water partition coefficient (Wildman–Crippen LogP) is -0.326. The zero-order valence-corrected chi connectivity index (χ0v) is 8.79. The van der Waals surface area contributed by atoms with Crippen LogP contribution in [0.2, 0.25) is 0 Å². The van der Waals surface area contributed by atoms with E-state index in [1.165, 1.54) is 24.3 Å². The number of rotatable bonds is 5. The molecule has 90 valence electrons. The summed E-state index contributed by atoms with van der Waals surface area (Å²) in [5, 5.41) is 19.5. The second-order valence-corrected chi connectivity index (χ2v) is 3.29. The fourth-order valence-corrected chi connectivity index (χ4v) is 1.18. The van der Waals surface area contributed by atoms with Crippen LogP contribution >= 0.6 is 0 Å². The standard InChI is InChI=1S/C11H11NO5/c13-5-7-2-1-3-8(4-7)10(15)12-9(6-14)11(16)17/h1-5,9,14H,6H2,(H,12,15)(H,16,17). The minimum atomic E-state index is -1.36. The van der Waals surface area contributed by atoms with Crippen LogP contribution in [-0.4, -0.2) is 41.0 Å². The van der Waals surface area contributed by atoms with Gasteiger partial charge in [-0.05, 0) is 12.1 Å². The summed E-state index contributed by atoms with van der Waals surface area (Å²) in [4.78, 5) is 32.7. The molecule has 0 aliphatic heterocycles. The number of aldehydes is 1. The monoisotopic (exact) mass is 237 g/mol. The predicted molar refractivity (Wildman–Crippen MR) is 57.8 cm³/mol. The van der Waals surface area contributed by atoms with E-state index in [9.17, 15) is 14.4 Å². The van der Waals surface area contributed by atoms with Crippen LogP contribution < -0.4 is 5.32 Å². The number of benzene rings is 1. The van der Waals surface area contributed by atoms with Crippen LogP contribution in [0.3, 0.4) is 0 Å². The maximum Gasteiger partial charge on any atom is 0.328 e. The Balaban J connectivity index is 2.82. The largest absolute Gasteiger partial charge is 0.480 e. The molecule has 0 saturated carbocycles. The molecule has 0 aliphatic carbocycles. The smallest absolute Gasteiger partial charge is 0.328 e. The molecule has 3 N–H and O–H groups in total. The number of aliphatic hydroxyl groups excluding tert-OH is 1. The quantitative estimate of drug-likeness (QED) is 0.608. The van der Waals surface area contributed by atoms with Crippen molar-refractivity contribution >= 4 is 18.2 Å². The zero-order valence-electron chi connectivity index (χ0n) is 8.79. The van der Waals surface area contributed by atoms with Crippen molar-refractivity contribution < 1.29 is 24.6 Å². The molecule has 0 spiro atoms. The van der Waals surface area contributed by atoms with E-state index >= 15 is 0 Å². The number of carbonyl (C=O) groups is 3. The Bertz CT molecular complexity index is 443. The molecule has 1 aromatic rings. The molecule has 1 unspecified atom stereocenters. The Morgan fingerprint density at radius 1 is 1.41 bits per heavy atom. The maximum absolute atomic E-state index is 11.6. The van der Waals surface area contributed by atoms with E-state index in [2.05, 4.69) is 5.32 Å². The number of carboxylic acid groups (broad SMARTS) is 1. The van der Waals surface area contributed by atoms with Gasteiger partial charge in [0.15, 0.2) is 6.04 Å². The first kappa shape index (κ1) is 12.9. The lowest BCUT2D eigenvalue weighted by atomic mass is 10.1. The van der Waals surface area contributed by atoms with Crippen molar-refractivity contribution in [2.45, 2.75) is 6.04 Å². The lowest BCUT2D eigenvalue weighted by Crippen LogP contribution is -2.43. The summed E-state index contributed by atoms with van der Waals surface area (Å²) < 4.78 is 0. The van der Waals surface area contributed by atoms with Crippen molar-refractivity contribution in [2.24, 2.45) is 0 Å². The highest BCUT2D eigenvalue weighted by atomic mass is 16.4. The number of hydrogen-bond acceptors (Lipinski definition) is 4. The molecule has 6 nitrogen and oxygen atoms in total. The van der Waals surface area contributed by atoms with Crippen LogP contribution in [0.25, 0.3) is 0 Å². The van der Waals surface area contributed by atoms with Crippen LogP contribution in [0, 0.1) is 0 Å². The van der Waals surface area contributed by atoms with E-state index < -0.39 is 24.5 Å². The van der Waals surface area contributed by atoms with Crippen molar-refractivity contribution in [1.29, 1.82) is 0 Å². The van der Waals surface area contributed by atoms with Gasteiger partial charge in [-0.25, -0.2) is 4.79 Å². The van der Waals surface area contributed by atoms with Crippen LogP contribution in [0.15, 0.2) is 24.3 Å². The molecule has 1 amide bonds. The van der Waals surface area contributed by atoms with Crippen molar-refractivity contribution in [3.05, 3.63) is 35.4 Å². The molecular weight excluding hydrogens is 226 g/mol. The van der Waals surface area contributed by atoms with Gasteiger partial charge < -0.3 is 15.5 Å². The van der Waals surface area contributed by atoms with Gasteiger partial charge in [0.2, 0.25) is 0 Å². The fourth-order valence-electron chi connectivity index (χ4n) is 1.18. The van der Waals surface area contributed by atoms with Gasteiger partial charge in [0.1, 0.15) is 6.29 Å². The van der Waals surface area contributed by atoms with Gasteiger partial charge in [0.25, 0.3) is 5.91 Å². The summed E-state index contributed by atoms with van der Waals surface area (Å²) in [5.41, 5.74) is 0.475. The van der Waals surface area contributed by atoms with Gasteiger partial charge in [0.05, 0.1) is 6.61 Å². The highest BCUT2D eigenvalue weighted by molar-refractivity contribution is 5.97. The third-order valence-electron chi connectivity index (χ3n) is 2.07. The Kier molecular flexibility index (Phi) is 4.36. The van der Waals surface area contributed by atoms with E-state index in [-0.39, 0.29) is 5.56 Å². The summed E-state index contributed by atoms with van der Waals surface area (Å²) in [6, 6.07) is 4.44. The van der Waals surface area contributed by atoms with Gasteiger partial charge in [-0.2, -0.15) is 0 Å².